The Bertz CT molecular complexity index is 454. The molecule has 2 rings (SSSR count). The molecule has 1 aromatic rings. The van der Waals surface area contributed by atoms with E-state index < -0.39 is 0 Å². The van der Waals surface area contributed by atoms with E-state index in [9.17, 15) is 0 Å². The molecule has 106 valence electrons. The second kappa shape index (κ2) is 6.04. The predicted octanol–water partition coefficient (Wildman–Crippen LogP) is 5.48. The number of rotatable bonds is 4. The molecule has 0 spiro atoms. The van der Waals surface area contributed by atoms with Gasteiger partial charge in [-0.15, -0.1) is 0 Å². The summed E-state index contributed by atoms with van der Waals surface area (Å²) in [4.78, 5) is 0.305. The van der Waals surface area contributed by atoms with Gasteiger partial charge < -0.3 is 9.47 Å². The van der Waals surface area contributed by atoms with E-state index in [0.29, 0.717) is 10.2 Å². The van der Waals surface area contributed by atoms with Crippen molar-refractivity contribution in [1.29, 1.82) is 0 Å². The lowest BCUT2D eigenvalue weighted by molar-refractivity contribution is 0.320. The van der Waals surface area contributed by atoms with Crippen molar-refractivity contribution < 1.29 is 9.47 Å². The molecule has 0 bridgehead atoms. The number of halogens is 2. The Balaban J connectivity index is 2.41. The van der Waals surface area contributed by atoms with Crippen LogP contribution < -0.4 is 9.47 Å². The van der Waals surface area contributed by atoms with E-state index in [1.807, 2.05) is 6.07 Å². The summed E-state index contributed by atoms with van der Waals surface area (Å²) >= 11 is 7.48. The molecule has 0 aromatic heterocycles. The average Bonchev–Trinajstić information content (AvgIpc) is 2.85. The minimum Gasteiger partial charge on any atom is -0.495 e. The van der Waals surface area contributed by atoms with Gasteiger partial charge in [-0.2, -0.15) is 0 Å². The van der Waals surface area contributed by atoms with Crippen LogP contribution in [-0.2, 0) is 0 Å². The Morgan fingerprint density at radius 3 is 2.32 bits per heavy atom. The van der Waals surface area contributed by atoms with Crippen molar-refractivity contribution in [3.8, 4) is 11.5 Å². The number of hydrogen-bond donors (Lipinski definition) is 0. The zero-order chi connectivity index (χ0) is 14.0. The molecule has 4 heteroatoms. The largest absolute Gasteiger partial charge is 0.495 e. The normalized spacial score (nSPS) is 19.2. The van der Waals surface area contributed by atoms with Crippen LogP contribution in [0, 0.1) is 5.41 Å². The van der Waals surface area contributed by atoms with Gasteiger partial charge in [-0.05, 0) is 40.3 Å². The topological polar surface area (TPSA) is 18.5 Å². The van der Waals surface area contributed by atoms with Crippen LogP contribution in [0.15, 0.2) is 16.6 Å². The van der Waals surface area contributed by atoms with E-state index in [0.717, 1.165) is 16.0 Å². The lowest BCUT2D eigenvalue weighted by atomic mass is 9.82. The molecular formula is C15H20Br2O2. The highest BCUT2D eigenvalue weighted by molar-refractivity contribution is 9.10. The molecule has 1 unspecified atom stereocenters. The van der Waals surface area contributed by atoms with Gasteiger partial charge in [0.15, 0.2) is 0 Å². The summed E-state index contributed by atoms with van der Waals surface area (Å²) in [5.41, 5.74) is 1.50. The molecule has 1 fully saturated rings. The van der Waals surface area contributed by atoms with Gasteiger partial charge >= 0.3 is 0 Å². The maximum atomic E-state index is 5.59. The fourth-order valence-electron chi connectivity index (χ4n) is 2.93. The highest BCUT2D eigenvalue weighted by Gasteiger charge is 2.38. The molecule has 19 heavy (non-hydrogen) atoms. The number of alkyl halides is 1. The van der Waals surface area contributed by atoms with Crippen LogP contribution in [0.3, 0.4) is 0 Å². The van der Waals surface area contributed by atoms with Crippen molar-refractivity contribution >= 4 is 31.9 Å². The first kappa shape index (κ1) is 15.2. The fraction of sp³-hybridized carbons (Fsp3) is 0.600. The Kier molecular flexibility index (Phi) is 4.83. The monoisotopic (exact) mass is 390 g/mol. The molecule has 1 atom stereocenters. The van der Waals surface area contributed by atoms with Crippen molar-refractivity contribution in [3.05, 3.63) is 22.2 Å². The highest BCUT2D eigenvalue weighted by atomic mass is 79.9. The van der Waals surface area contributed by atoms with Gasteiger partial charge in [-0.1, -0.05) is 41.8 Å². The van der Waals surface area contributed by atoms with Gasteiger partial charge in [0.05, 0.1) is 14.2 Å². The molecule has 0 aliphatic heterocycles. The lowest BCUT2D eigenvalue weighted by Gasteiger charge is -2.31. The van der Waals surface area contributed by atoms with Gasteiger partial charge in [0.25, 0.3) is 0 Å². The number of hydrogen-bond acceptors (Lipinski definition) is 2. The van der Waals surface area contributed by atoms with E-state index in [1.54, 1.807) is 14.2 Å². The van der Waals surface area contributed by atoms with Gasteiger partial charge in [0.1, 0.15) is 16.0 Å². The Morgan fingerprint density at radius 2 is 1.79 bits per heavy atom. The van der Waals surface area contributed by atoms with E-state index >= 15 is 0 Å². The summed E-state index contributed by atoms with van der Waals surface area (Å²) in [5.74, 6) is 1.67. The molecule has 0 saturated heterocycles. The van der Waals surface area contributed by atoms with E-state index in [-0.39, 0.29) is 0 Å². The first-order chi connectivity index (χ1) is 9.03. The van der Waals surface area contributed by atoms with E-state index in [1.165, 1.54) is 31.2 Å². The average molecular weight is 392 g/mol. The molecule has 2 nitrogen and oxygen atoms in total. The van der Waals surface area contributed by atoms with Crippen molar-refractivity contribution in [3.63, 3.8) is 0 Å². The second-order valence-corrected chi connectivity index (χ2v) is 7.14. The third-order valence-corrected chi connectivity index (χ3v) is 6.50. The Hall–Kier alpha value is -0.220. The van der Waals surface area contributed by atoms with Gasteiger partial charge in [0, 0.05) is 10.4 Å². The number of ether oxygens (including phenoxy) is 2. The first-order valence-electron chi connectivity index (χ1n) is 6.58. The summed E-state index contributed by atoms with van der Waals surface area (Å²) in [6.07, 6.45) is 5.15. The summed E-state index contributed by atoms with van der Waals surface area (Å²) in [6, 6.07) is 4.10. The summed E-state index contributed by atoms with van der Waals surface area (Å²) in [6.45, 7) is 2.36. The van der Waals surface area contributed by atoms with Crippen LogP contribution >= 0.6 is 31.9 Å². The quantitative estimate of drug-likeness (QED) is 0.632. The zero-order valence-corrected chi connectivity index (χ0v) is 14.8. The van der Waals surface area contributed by atoms with Crippen molar-refractivity contribution in [2.45, 2.75) is 37.4 Å². The summed E-state index contributed by atoms with van der Waals surface area (Å²) in [5, 5.41) is 0. The third-order valence-electron chi connectivity index (χ3n) is 4.15. The Labute approximate surface area is 132 Å². The van der Waals surface area contributed by atoms with Crippen LogP contribution in [0.4, 0.5) is 0 Å². The third kappa shape index (κ3) is 2.80. The molecule has 0 N–H and O–H groups in total. The Morgan fingerprint density at radius 1 is 1.16 bits per heavy atom. The maximum absolute atomic E-state index is 5.59. The predicted molar refractivity (Wildman–Crippen MR) is 85.5 cm³/mol. The lowest BCUT2D eigenvalue weighted by Crippen LogP contribution is -2.18. The van der Waals surface area contributed by atoms with Crippen molar-refractivity contribution in [2.75, 3.05) is 14.2 Å². The second-order valence-electron chi connectivity index (χ2n) is 5.43. The van der Waals surface area contributed by atoms with Crippen molar-refractivity contribution in [1.82, 2.24) is 0 Å². The minimum atomic E-state index is 0.305. The smallest absolute Gasteiger partial charge is 0.141 e. The first-order valence-corrected chi connectivity index (χ1v) is 8.29. The molecule has 0 heterocycles. The standard InChI is InChI=1S/C15H20Br2O2/c1-15(8-4-5-9-15)14(17)10-6-7-11(18-2)12(16)13(10)19-3/h6-7,14H,4-5,8-9H2,1-3H3. The molecule has 0 radical (unpaired) electrons. The van der Waals surface area contributed by atoms with E-state index in [4.69, 9.17) is 9.47 Å². The van der Waals surface area contributed by atoms with Gasteiger partial charge in [0.2, 0.25) is 0 Å². The van der Waals surface area contributed by atoms with Gasteiger partial charge in [-0.25, -0.2) is 0 Å². The van der Waals surface area contributed by atoms with Crippen LogP contribution in [0.1, 0.15) is 43.0 Å². The molecule has 0 amide bonds. The highest BCUT2D eigenvalue weighted by Crippen LogP contribution is 2.54. The van der Waals surface area contributed by atoms with Gasteiger partial charge in [-0.3, -0.25) is 0 Å². The fourth-order valence-corrected chi connectivity index (χ4v) is 4.43. The van der Waals surface area contributed by atoms with Crippen LogP contribution in [0.2, 0.25) is 0 Å². The van der Waals surface area contributed by atoms with Crippen molar-refractivity contribution in [2.24, 2.45) is 5.41 Å². The molecular weight excluding hydrogens is 372 g/mol. The summed E-state index contributed by atoms with van der Waals surface area (Å²) in [7, 11) is 3.38. The SMILES string of the molecule is COc1ccc(C(Br)C2(C)CCCC2)c(OC)c1Br. The van der Waals surface area contributed by atoms with Crippen LogP contribution in [-0.4, -0.2) is 14.2 Å². The number of benzene rings is 1. The molecule has 1 aromatic carbocycles. The van der Waals surface area contributed by atoms with Crippen LogP contribution in [0.25, 0.3) is 0 Å². The van der Waals surface area contributed by atoms with Crippen LogP contribution in [0.5, 0.6) is 11.5 Å². The zero-order valence-electron chi connectivity index (χ0n) is 11.6. The van der Waals surface area contributed by atoms with E-state index in [2.05, 4.69) is 44.8 Å². The maximum Gasteiger partial charge on any atom is 0.141 e. The summed E-state index contributed by atoms with van der Waals surface area (Å²) < 4.78 is 11.8. The minimum absolute atomic E-state index is 0.305. The number of methoxy groups -OCH3 is 2. The molecule has 1 saturated carbocycles. The molecule has 1 aliphatic carbocycles. The molecule has 1 aliphatic rings.